The molecule has 1 aromatic carbocycles. The Morgan fingerprint density at radius 3 is 2.84 bits per heavy atom. The third-order valence-corrected chi connectivity index (χ3v) is 4.81. The minimum atomic E-state index is -0.401. The van der Waals surface area contributed by atoms with E-state index in [1.807, 2.05) is 0 Å². The number of likely N-dealkylation sites (tertiary alicyclic amines) is 1. The lowest BCUT2D eigenvalue weighted by Crippen LogP contribution is -2.32. The maximum atomic E-state index is 14.3. The molecule has 2 amide bonds. The lowest BCUT2D eigenvalue weighted by atomic mass is 10.1. The molecule has 4 rings (SSSR count). The van der Waals surface area contributed by atoms with Gasteiger partial charge >= 0.3 is 6.03 Å². The molecule has 25 heavy (non-hydrogen) atoms. The zero-order valence-corrected chi connectivity index (χ0v) is 14.8. The molecule has 1 saturated heterocycles. The van der Waals surface area contributed by atoms with Crippen molar-refractivity contribution in [2.24, 2.45) is 0 Å². The van der Waals surface area contributed by atoms with E-state index in [9.17, 15) is 9.18 Å². The van der Waals surface area contributed by atoms with Crippen LogP contribution in [-0.2, 0) is 0 Å². The highest BCUT2D eigenvalue weighted by Crippen LogP contribution is 2.26. The lowest BCUT2D eigenvalue weighted by molar-refractivity contribution is 0.222. The summed E-state index contributed by atoms with van der Waals surface area (Å²) in [6.45, 7) is 1.51. The number of hydrogen-bond donors (Lipinski definition) is 1. The number of imidazole rings is 1. The van der Waals surface area contributed by atoms with Crippen molar-refractivity contribution in [3.8, 4) is 11.3 Å². The molecule has 128 valence electrons. The number of anilines is 1. The minimum Gasteiger partial charge on any atom is -0.325 e. The van der Waals surface area contributed by atoms with Crippen LogP contribution < -0.4 is 5.32 Å². The number of fused-ring (bicyclic) bond motifs is 1. The van der Waals surface area contributed by atoms with E-state index in [1.165, 1.54) is 6.07 Å². The molecule has 0 saturated carbocycles. The fraction of sp³-hybridized carbons (Fsp3) is 0.235. The molecule has 0 spiro atoms. The van der Waals surface area contributed by atoms with Crippen molar-refractivity contribution in [1.29, 1.82) is 0 Å². The molecule has 0 atom stereocenters. The third-order valence-electron chi connectivity index (χ3n) is 4.22. The average Bonchev–Trinajstić information content (AvgIpc) is 3.27. The Bertz CT molecular complexity index is 951. The zero-order chi connectivity index (χ0) is 17.4. The number of nitrogens with zero attached hydrogens (tertiary/aromatic N) is 4. The molecule has 8 heteroatoms. The SMILES string of the molecule is O=C(Nc1ccc(F)c(-c2ccn3c(Br)cnc3n2)c1)N1CCCC1. The van der Waals surface area contributed by atoms with Crippen molar-refractivity contribution in [1.82, 2.24) is 19.3 Å². The predicted octanol–water partition coefficient (Wildman–Crippen LogP) is 3.93. The molecule has 1 aliphatic heterocycles. The van der Waals surface area contributed by atoms with E-state index in [2.05, 4.69) is 31.2 Å². The van der Waals surface area contributed by atoms with Gasteiger partial charge in [0.05, 0.1) is 11.9 Å². The van der Waals surface area contributed by atoms with E-state index in [0.717, 1.165) is 30.5 Å². The van der Waals surface area contributed by atoms with Crippen molar-refractivity contribution in [2.75, 3.05) is 18.4 Å². The summed E-state index contributed by atoms with van der Waals surface area (Å²) in [7, 11) is 0. The Hall–Kier alpha value is -2.48. The molecule has 1 N–H and O–H groups in total. The van der Waals surface area contributed by atoms with Gasteiger partial charge in [0.15, 0.2) is 0 Å². The van der Waals surface area contributed by atoms with E-state index in [4.69, 9.17) is 0 Å². The molecule has 0 radical (unpaired) electrons. The Morgan fingerprint density at radius 2 is 2.04 bits per heavy atom. The van der Waals surface area contributed by atoms with Crippen molar-refractivity contribution >= 4 is 33.4 Å². The van der Waals surface area contributed by atoms with Gasteiger partial charge < -0.3 is 10.2 Å². The molecule has 0 bridgehead atoms. The second-order valence-electron chi connectivity index (χ2n) is 5.88. The van der Waals surface area contributed by atoms with Crippen LogP contribution in [-0.4, -0.2) is 38.4 Å². The molecule has 2 aromatic heterocycles. The smallest absolute Gasteiger partial charge is 0.321 e. The van der Waals surface area contributed by atoms with Crippen molar-refractivity contribution in [3.05, 3.63) is 47.1 Å². The molecular weight excluding hydrogens is 389 g/mol. The van der Waals surface area contributed by atoms with Gasteiger partial charge in [-0.05, 0) is 53.0 Å². The van der Waals surface area contributed by atoms with Gasteiger partial charge in [0.1, 0.15) is 10.4 Å². The topological polar surface area (TPSA) is 62.5 Å². The van der Waals surface area contributed by atoms with Gasteiger partial charge in [0.2, 0.25) is 5.78 Å². The monoisotopic (exact) mass is 403 g/mol. The van der Waals surface area contributed by atoms with E-state index in [1.54, 1.807) is 39.9 Å². The lowest BCUT2D eigenvalue weighted by Gasteiger charge is -2.16. The molecule has 0 unspecified atom stereocenters. The summed E-state index contributed by atoms with van der Waals surface area (Å²) >= 11 is 3.37. The van der Waals surface area contributed by atoms with Gasteiger partial charge in [-0.3, -0.25) is 4.40 Å². The Morgan fingerprint density at radius 1 is 1.24 bits per heavy atom. The molecule has 6 nitrogen and oxygen atoms in total. The third kappa shape index (κ3) is 3.09. The van der Waals surface area contributed by atoms with Crippen LogP contribution in [0.15, 0.2) is 41.3 Å². The van der Waals surface area contributed by atoms with Gasteiger partial charge in [-0.1, -0.05) is 0 Å². The van der Waals surface area contributed by atoms with E-state index in [0.29, 0.717) is 22.7 Å². The standard InChI is InChI=1S/C17H15BrFN5O/c18-15-10-20-16-22-14(5-8-24(15)16)12-9-11(3-4-13(12)19)21-17(25)23-6-1-2-7-23/h3-5,8-10H,1-2,6-7H2,(H,21,25). The quantitative estimate of drug-likeness (QED) is 0.704. The van der Waals surface area contributed by atoms with Gasteiger partial charge in [-0.15, -0.1) is 0 Å². The van der Waals surface area contributed by atoms with Crippen molar-refractivity contribution in [3.63, 3.8) is 0 Å². The van der Waals surface area contributed by atoms with E-state index in [-0.39, 0.29) is 6.03 Å². The summed E-state index contributed by atoms with van der Waals surface area (Å²) in [5.74, 6) is 0.0666. The van der Waals surface area contributed by atoms with Gasteiger partial charge in [0, 0.05) is 30.5 Å². The summed E-state index contributed by atoms with van der Waals surface area (Å²) < 4.78 is 16.8. The molecule has 0 aliphatic carbocycles. The highest BCUT2D eigenvalue weighted by atomic mass is 79.9. The summed E-state index contributed by atoms with van der Waals surface area (Å²) in [5, 5.41) is 2.83. The Kier molecular flexibility index (Phi) is 4.12. The zero-order valence-electron chi connectivity index (χ0n) is 13.2. The minimum absolute atomic E-state index is 0.157. The van der Waals surface area contributed by atoms with Crippen LogP contribution in [0.1, 0.15) is 12.8 Å². The molecule has 3 aromatic rings. The highest BCUT2D eigenvalue weighted by molar-refractivity contribution is 9.10. The van der Waals surface area contributed by atoms with Crippen LogP contribution in [0.3, 0.4) is 0 Å². The number of carbonyl (C=O) groups excluding carboxylic acids is 1. The maximum absolute atomic E-state index is 14.3. The van der Waals surface area contributed by atoms with Gasteiger partial charge in [-0.2, -0.15) is 0 Å². The summed E-state index contributed by atoms with van der Waals surface area (Å²) in [5.41, 5.74) is 1.32. The average molecular weight is 404 g/mol. The first-order valence-corrected chi connectivity index (χ1v) is 8.76. The Balaban J connectivity index is 1.65. The first-order chi connectivity index (χ1) is 12.1. The second kappa shape index (κ2) is 6.44. The number of carbonyl (C=O) groups is 1. The molecular formula is C17H15BrFN5O. The molecule has 1 fully saturated rings. The van der Waals surface area contributed by atoms with Crippen LogP contribution in [0, 0.1) is 5.82 Å². The summed E-state index contributed by atoms with van der Waals surface area (Å²) in [6.07, 6.45) is 5.44. The number of amides is 2. The highest BCUT2D eigenvalue weighted by Gasteiger charge is 2.18. The number of halogens is 2. The molecule has 1 aliphatic rings. The number of hydrogen-bond acceptors (Lipinski definition) is 3. The van der Waals surface area contributed by atoms with Gasteiger partial charge in [-0.25, -0.2) is 19.2 Å². The van der Waals surface area contributed by atoms with Crippen LogP contribution in [0.25, 0.3) is 17.0 Å². The maximum Gasteiger partial charge on any atom is 0.321 e. The molecule has 3 heterocycles. The van der Waals surface area contributed by atoms with Crippen LogP contribution >= 0.6 is 15.9 Å². The number of aromatic nitrogens is 3. The number of nitrogens with one attached hydrogen (secondary N) is 1. The summed E-state index contributed by atoms with van der Waals surface area (Å²) in [4.78, 5) is 22.5. The normalized spacial score (nSPS) is 14.2. The van der Waals surface area contributed by atoms with Crippen LogP contribution in [0.5, 0.6) is 0 Å². The van der Waals surface area contributed by atoms with Crippen molar-refractivity contribution in [2.45, 2.75) is 12.8 Å². The second-order valence-corrected chi connectivity index (χ2v) is 6.70. The van der Waals surface area contributed by atoms with Crippen LogP contribution in [0.2, 0.25) is 0 Å². The first-order valence-electron chi connectivity index (χ1n) is 7.97. The largest absolute Gasteiger partial charge is 0.325 e. The fourth-order valence-electron chi connectivity index (χ4n) is 2.91. The van der Waals surface area contributed by atoms with E-state index >= 15 is 0 Å². The Labute approximate surface area is 151 Å². The summed E-state index contributed by atoms with van der Waals surface area (Å²) in [6, 6.07) is 6.04. The fourth-order valence-corrected chi connectivity index (χ4v) is 3.29. The van der Waals surface area contributed by atoms with E-state index < -0.39 is 5.82 Å². The number of benzene rings is 1. The predicted molar refractivity (Wildman–Crippen MR) is 95.9 cm³/mol. The number of urea groups is 1. The van der Waals surface area contributed by atoms with Crippen molar-refractivity contribution < 1.29 is 9.18 Å². The van der Waals surface area contributed by atoms with Crippen LogP contribution in [0.4, 0.5) is 14.9 Å². The first kappa shape index (κ1) is 16.0. The number of rotatable bonds is 2. The van der Waals surface area contributed by atoms with Gasteiger partial charge in [0.25, 0.3) is 0 Å².